The fourth-order valence-corrected chi connectivity index (χ4v) is 2.89. The lowest BCUT2D eigenvalue weighted by Crippen LogP contribution is -2.35. The maximum Gasteiger partial charge on any atom is 0.374 e. The molecule has 0 amide bonds. The highest BCUT2D eigenvalue weighted by molar-refractivity contribution is 7.54. The molecule has 7 heteroatoms. The molecule has 2 aromatic carbocycles. The highest BCUT2D eigenvalue weighted by atomic mass is 31.2. The van der Waals surface area contributed by atoms with Crippen LogP contribution in [0, 0.1) is 0 Å². The van der Waals surface area contributed by atoms with Crippen LogP contribution >= 0.6 is 7.60 Å². The number of aliphatic carboxylic acids is 1. The van der Waals surface area contributed by atoms with Crippen molar-refractivity contribution in [2.75, 3.05) is 0 Å². The zero-order valence-electron chi connectivity index (χ0n) is 12.1. The Morgan fingerprint density at radius 3 is 2.13 bits per heavy atom. The smallest absolute Gasteiger partial charge is 0.374 e. The molecule has 2 aromatic rings. The van der Waals surface area contributed by atoms with E-state index in [0.29, 0.717) is 6.42 Å². The molecule has 0 spiro atoms. The zero-order valence-corrected chi connectivity index (χ0v) is 13.0. The summed E-state index contributed by atoms with van der Waals surface area (Å²) in [5, 5.41) is 5.24. The van der Waals surface area contributed by atoms with E-state index in [-0.39, 0.29) is 5.56 Å². The highest BCUT2D eigenvalue weighted by Crippen LogP contribution is 2.53. The van der Waals surface area contributed by atoms with E-state index in [2.05, 4.69) is 0 Å². The maximum absolute atomic E-state index is 14.3. The molecule has 2 rings (SSSR count). The first-order valence-corrected chi connectivity index (χ1v) is 8.43. The molecular formula is C16H16FO5P. The van der Waals surface area contributed by atoms with Crippen LogP contribution in [-0.4, -0.2) is 26.3 Å². The van der Waals surface area contributed by atoms with Crippen molar-refractivity contribution in [3.8, 4) is 0 Å². The van der Waals surface area contributed by atoms with Gasteiger partial charge in [-0.1, -0.05) is 54.6 Å². The Balaban J connectivity index is 2.26. The first-order valence-electron chi connectivity index (χ1n) is 6.82. The second-order valence-corrected chi connectivity index (χ2v) is 7.06. The van der Waals surface area contributed by atoms with Crippen molar-refractivity contribution in [1.29, 1.82) is 0 Å². The van der Waals surface area contributed by atoms with E-state index in [0.717, 1.165) is 11.1 Å². The van der Waals surface area contributed by atoms with Gasteiger partial charge in [0.05, 0.1) is 0 Å². The fraction of sp³-hybridized carbons (Fsp3) is 0.188. The number of rotatable bonds is 6. The van der Waals surface area contributed by atoms with E-state index in [1.165, 1.54) is 6.07 Å². The third kappa shape index (κ3) is 4.05. The van der Waals surface area contributed by atoms with Gasteiger partial charge in [0.1, 0.15) is 0 Å². The molecule has 1 unspecified atom stereocenters. The first kappa shape index (κ1) is 17.3. The molecule has 0 saturated heterocycles. The lowest BCUT2D eigenvalue weighted by Gasteiger charge is -2.22. The number of carboxylic acids is 1. The fourth-order valence-electron chi connectivity index (χ4n) is 2.25. The second-order valence-electron chi connectivity index (χ2n) is 5.27. The number of carbonyl (C=O) groups is 1. The number of hydrogen-bond acceptors (Lipinski definition) is 2. The number of carboxylic acid groups (broad SMARTS) is 1. The van der Waals surface area contributed by atoms with Gasteiger partial charge in [-0.05, 0) is 23.1 Å². The van der Waals surface area contributed by atoms with Crippen molar-refractivity contribution in [2.24, 2.45) is 0 Å². The van der Waals surface area contributed by atoms with Gasteiger partial charge < -0.3 is 14.9 Å². The normalized spacial score (nSPS) is 14.2. The van der Waals surface area contributed by atoms with Gasteiger partial charge in [0, 0.05) is 6.42 Å². The van der Waals surface area contributed by atoms with Gasteiger partial charge in [-0.15, -0.1) is 0 Å². The van der Waals surface area contributed by atoms with Crippen molar-refractivity contribution >= 4 is 13.6 Å². The molecule has 0 bridgehead atoms. The predicted molar refractivity (Wildman–Crippen MR) is 82.9 cm³/mol. The monoisotopic (exact) mass is 338 g/mol. The quantitative estimate of drug-likeness (QED) is 0.704. The summed E-state index contributed by atoms with van der Waals surface area (Å²) in [6, 6.07) is 15.9. The largest absolute Gasteiger partial charge is 0.478 e. The highest BCUT2D eigenvalue weighted by Gasteiger charge is 2.55. The number of halogens is 1. The summed E-state index contributed by atoms with van der Waals surface area (Å²) < 4.78 is 25.5. The summed E-state index contributed by atoms with van der Waals surface area (Å²) in [6.07, 6.45) is -0.341. The van der Waals surface area contributed by atoms with Crippen LogP contribution in [0.25, 0.3) is 0 Å². The maximum atomic E-state index is 14.3. The molecule has 122 valence electrons. The van der Waals surface area contributed by atoms with Crippen molar-refractivity contribution in [1.82, 2.24) is 0 Å². The molecular weight excluding hydrogens is 322 g/mol. The summed E-state index contributed by atoms with van der Waals surface area (Å²) >= 11 is 0. The molecule has 0 aliphatic heterocycles. The van der Waals surface area contributed by atoms with Crippen molar-refractivity contribution in [2.45, 2.75) is 18.3 Å². The third-order valence-electron chi connectivity index (χ3n) is 3.47. The van der Waals surface area contributed by atoms with Gasteiger partial charge in [0.25, 0.3) is 0 Å². The Bertz CT molecular complexity index is 743. The van der Waals surface area contributed by atoms with Crippen LogP contribution in [0.4, 0.5) is 4.39 Å². The van der Waals surface area contributed by atoms with Crippen LogP contribution in [0.5, 0.6) is 0 Å². The van der Waals surface area contributed by atoms with Gasteiger partial charge in [-0.3, -0.25) is 4.57 Å². The van der Waals surface area contributed by atoms with Gasteiger partial charge in [0.15, 0.2) is 0 Å². The summed E-state index contributed by atoms with van der Waals surface area (Å²) in [4.78, 5) is 29.0. The lowest BCUT2D eigenvalue weighted by molar-refractivity contribution is -0.146. The molecule has 3 N–H and O–H groups in total. The third-order valence-corrected chi connectivity index (χ3v) is 4.74. The number of hydrogen-bond donors (Lipinski definition) is 3. The van der Waals surface area contributed by atoms with Crippen LogP contribution < -0.4 is 0 Å². The summed E-state index contributed by atoms with van der Waals surface area (Å²) in [6.45, 7) is 0. The molecule has 0 aliphatic carbocycles. The van der Waals surface area contributed by atoms with Gasteiger partial charge >= 0.3 is 19.0 Å². The summed E-state index contributed by atoms with van der Waals surface area (Å²) in [5.41, 5.74) is 2.03. The molecule has 0 aliphatic rings. The van der Waals surface area contributed by atoms with Crippen molar-refractivity contribution in [3.63, 3.8) is 0 Å². The Morgan fingerprint density at radius 2 is 1.57 bits per heavy atom. The molecule has 0 radical (unpaired) electrons. The average molecular weight is 338 g/mol. The molecule has 0 heterocycles. The van der Waals surface area contributed by atoms with Crippen LogP contribution in [0.3, 0.4) is 0 Å². The molecule has 23 heavy (non-hydrogen) atoms. The second kappa shape index (κ2) is 6.62. The lowest BCUT2D eigenvalue weighted by atomic mass is 10.0. The van der Waals surface area contributed by atoms with Crippen LogP contribution in [0.2, 0.25) is 0 Å². The Kier molecular flexibility index (Phi) is 5.00. The standard InChI is InChI=1S/C16H16FO5P/c17-16(15(18)19,23(20,21)22)11-14-8-4-7-13(10-14)9-12-5-2-1-3-6-12/h1-8,10H,9,11H2,(H,18,19)(H2,20,21,22). The minimum atomic E-state index is -5.46. The Hall–Kier alpha value is -2.01. The predicted octanol–water partition coefficient (Wildman–Crippen LogP) is 2.75. The van der Waals surface area contributed by atoms with Crippen LogP contribution in [0.15, 0.2) is 54.6 Å². The van der Waals surface area contributed by atoms with Crippen molar-refractivity contribution < 1.29 is 28.6 Å². The Labute approximate surface area is 132 Å². The van der Waals surface area contributed by atoms with Crippen LogP contribution in [-0.2, 0) is 22.2 Å². The first-order chi connectivity index (χ1) is 10.7. The molecule has 1 atom stereocenters. The van der Waals surface area contributed by atoms with Gasteiger partial charge in [-0.25, -0.2) is 9.18 Å². The minimum absolute atomic E-state index is 0.214. The molecule has 5 nitrogen and oxygen atoms in total. The van der Waals surface area contributed by atoms with E-state index in [9.17, 15) is 13.8 Å². The van der Waals surface area contributed by atoms with E-state index < -0.39 is 25.4 Å². The number of alkyl halides is 1. The van der Waals surface area contributed by atoms with E-state index >= 15 is 0 Å². The van der Waals surface area contributed by atoms with E-state index in [4.69, 9.17) is 14.9 Å². The Morgan fingerprint density at radius 1 is 1.00 bits per heavy atom. The summed E-state index contributed by atoms with van der Waals surface area (Å²) in [5.74, 6) is -2.17. The molecule has 0 aromatic heterocycles. The molecule has 0 saturated carbocycles. The minimum Gasteiger partial charge on any atom is -0.478 e. The number of benzene rings is 2. The van der Waals surface area contributed by atoms with Gasteiger partial charge in [0.2, 0.25) is 0 Å². The van der Waals surface area contributed by atoms with E-state index in [1.807, 2.05) is 30.3 Å². The SMILES string of the molecule is O=C(O)C(F)(Cc1cccc(Cc2ccccc2)c1)P(=O)(O)O. The average Bonchev–Trinajstić information content (AvgIpc) is 2.47. The summed E-state index contributed by atoms with van der Waals surface area (Å²) in [7, 11) is -5.46. The van der Waals surface area contributed by atoms with Gasteiger partial charge in [-0.2, -0.15) is 0 Å². The van der Waals surface area contributed by atoms with E-state index in [1.54, 1.807) is 18.2 Å². The van der Waals surface area contributed by atoms with Crippen LogP contribution in [0.1, 0.15) is 16.7 Å². The topological polar surface area (TPSA) is 94.8 Å². The van der Waals surface area contributed by atoms with Crippen molar-refractivity contribution in [3.05, 3.63) is 71.3 Å². The molecule has 0 fully saturated rings. The zero-order chi connectivity index (χ0) is 17.1.